The maximum Gasteiger partial charge on any atom is 0.306 e. The van der Waals surface area contributed by atoms with E-state index in [2.05, 4.69) is 40.5 Å². The second-order valence-corrected chi connectivity index (χ2v) is 10.0. The Labute approximate surface area is 188 Å². The van der Waals surface area contributed by atoms with E-state index in [1.54, 1.807) is 6.07 Å². The zero-order valence-corrected chi connectivity index (χ0v) is 20.2. The maximum absolute atomic E-state index is 12.9. The second-order valence-electron chi connectivity index (χ2n) is 7.39. The van der Waals surface area contributed by atoms with Gasteiger partial charge in [-0.25, -0.2) is 22.8 Å². The van der Waals surface area contributed by atoms with Gasteiger partial charge in [-0.1, -0.05) is 45.2 Å². The summed E-state index contributed by atoms with van der Waals surface area (Å²) in [6.07, 6.45) is 5.45. The van der Waals surface area contributed by atoms with E-state index in [1.165, 1.54) is 19.4 Å². The van der Waals surface area contributed by atoms with Crippen LogP contribution >= 0.6 is 11.6 Å². The van der Waals surface area contributed by atoms with Gasteiger partial charge >= 0.3 is 5.97 Å². The number of hydrogen-bond acceptors (Lipinski definition) is 6. The molecule has 0 aliphatic rings. The molecule has 0 saturated carbocycles. The number of halogens is 2. The Morgan fingerprint density at radius 3 is 2.48 bits per heavy atom. The van der Waals surface area contributed by atoms with Crippen LogP contribution in [0.25, 0.3) is 11.5 Å². The molecular formula is C21H31ClFN3O4S. The van der Waals surface area contributed by atoms with Gasteiger partial charge in [0, 0.05) is 12.2 Å². The van der Waals surface area contributed by atoms with Gasteiger partial charge in [0.15, 0.2) is 11.0 Å². The molecule has 0 fully saturated rings. The third-order valence-electron chi connectivity index (χ3n) is 4.86. The minimum Gasteiger partial charge on any atom is -0.469 e. The molecule has 31 heavy (non-hydrogen) atoms. The number of ether oxygens (including phenoxy) is 1. The molecule has 0 spiro atoms. The molecule has 1 N–H and O–H groups in total. The monoisotopic (exact) mass is 475 g/mol. The molecule has 2 heterocycles. The highest BCUT2D eigenvalue weighted by molar-refractivity contribution is 7.90. The summed E-state index contributed by atoms with van der Waals surface area (Å²) in [6, 6.07) is 2.98. The fourth-order valence-corrected chi connectivity index (χ4v) is 3.74. The van der Waals surface area contributed by atoms with Gasteiger partial charge in [0.25, 0.3) is 0 Å². The topological polar surface area (TPSA) is 102 Å². The Balaban J connectivity index is 0.000000407. The highest BCUT2D eigenvalue weighted by Crippen LogP contribution is 2.35. The Bertz CT molecular complexity index is 933. The minimum atomic E-state index is -3.03. The third-order valence-corrected chi connectivity index (χ3v) is 6.10. The molecule has 0 unspecified atom stereocenters. The third kappa shape index (κ3) is 9.35. The van der Waals surface area contributed by atoms with Gasteiger partial charge in [-0.3, -0.25) is 4.79 Å². The first kappa shape index (κ1) is 27.0. The number of H-pyrrole nitrogens is 1. The highest BCUT2D eigenvalue weighted by Gasteiger charge is 2.23. The number of carbonyl (C=O) groups is 1. The fourth-order valence-electron chi connectivity index (χ4n) is 2.93. The second kappa shape index (κ2) is 12.8. The van der Waals surface area contributed by atoms with Crippen molar-refractivity contribution in [2.24, 2.45) is 5.92 Å². The van der Waals surface area contributed by atoms with Gasteiger partial charge in [0.2, 0.25) is 0 Å². The molecule has 0 radical (unpaired) electrons. The summed E-state index contributed by atoms with van der Waals surface area (Å²) in [5, 5.41) is 0.495. The van der Waals surface area contributed by atoms with Crippen LogP contribution in [-0.4, -0.2) is 48.5 Å². The lowest BCUT2D eigenvalue weighted by Crippen LogP contribution is -2.10. The van der Waals surface area contributed by atoms with Crippen molar-refractivity contribution in [3.63, 3.8) is 0 Å². The van der Waals surface area contributed by atoms with Gasteiger partial charge in [0.05, 0.1) is 31.2 Å². The lowest BCUT2D eigenvalue weighted by molar-refractivity contribution is -0.140. The molecule has 7 nitrogen and oxygen atoms in total. The van der Waals surface area contributed by atoms with E-state index < -0.39 is 15.8 Å². The number of rotatable bonds is 9. The van der Waals surface area contributed by atoms with Gasteiger partial charge in [0.1, 0.15) is 21.3 Å². The van der Waals surface area contributed by atoms with Crippen LogP contribution in [0.5, 0.6) is 0 Å². The zero-order chi connectivity index (χ0) is 23.6. The van der Waals surface area contributed by atoms with Crippen LogP contribution in [0, 0.1) is 11.7 Å². The number of methoxy groups -OCH3 is 1. The van der Waals surface area contributed by atoms with Crippen LogP contribution < -0.4 is 0 Å². The molecule has 0 amide bonds. The Morgan fingerprint density at radius 2 is 2.00 bits per heavy atom. The standard InChI is InChI=1S/C16H21ClFN3.C5H10O4S/c1-4-6-12(10(3)5-2)14-15(17)21-16(20-14)13-8-7-11(18)9-19-13;1-9-5(6)3-4-10(2,7)8/h7-10,12H,4-6H2,1-3H3,(H,20,21);3-4H2,1-2H3/t10-,12+;/m0./s1. The Kier molecular flexibility index (Phi) is 11.1. The number of esters is 1. The summed E-state index contributed by atoms with van der Waals surface area (Å²) in [6.45, 7) is 6.58. The van der Waals surface area contributed by atoms with Gasteiger partial charge in [-0.2, -0.15) is 0 Å². The van der Waals surface area contributed by atoms with E-state index in [4.69, 9.17) is 11.6 Å². The number of imidazole rings is 1. The highest BCUT2D eigenvalue weighted by atomic mass is 35.5. The average Bonchev–Trinajstić information content (AvgIpc) is 3.11. The summed E-state index contributed by atoms with van der Waals surface area (Å²) in [7, 11) is -1.80. The average molecular weight is 476 g/mol. The van der Waals surface area contributed by atoms with Crippen LogP contribution in [-0.2, 0) is 19.4 Å². The Morgan fingerprint density at radius 1 is 1.32 bits per heavy atom. The summed E-state index contributed by atoms with van der Waals surface area (Å²) in [5.74, 6) is 0.482. The molecule has 0 aromatic carbocycles. The van der Waals surface area contributed by atoms with E-state index in [0.717, 1.165) is 31.2 Å². The molecule has 174 valence electrons. The normalized spacial score (nSPS) is 13.1. The minimum absolute atomic E-state index is 0.0602. The molecule has 0 aliphatic carbocycles. The molecule has 0 aliphatic heterocycles. The molecule has 2 atom stereocenters. The van der Waals surface area contributed by atoms with Crippen molar-refractivity contribution in [1.82, 2.24) is 15.0 Å². The molecule has 2 aromatic rings. The van der Waals surface area contributed by atoms with Crippen molar-refractivity contribution in [3.05, 3.63) is 35.0 Å². The van der Waals surface area contributed by atoms with E-state index in [1.807, 2.05) is 0 Å². The smallest absolute Gasteiger partial charge is 0.306 e. The fraction of sp³-hybridized carbons (Fsp3) is 0.571. The van der Waals surface area contributed by atoms with Crippen LogP contribution in [0.1, 0.15) is 58.1 Å². The summed E-state index contributed by atoms with van der Waals surface area (Å²) < 4.78 is 38.1. The number of nitrogens with zero attached hydrogens (tertiary/aromatic N) is 2. The maximum atomic E-state index is 12.9. The predicted octanol–water partition coefficient (Wildman–Crippen LogP) is 4.79. The van der Waals surface area contributed by atoms with Crippen molar-refractivity contribution < 1.29 is 22.3 Å². The summed E-state index contributed by atoms with van der Waals surface area (Å²) in [4.78, 5) is 22.1. The van der Waals surface area contributed by atoms with Crippen molar-refractivity contribution in [2.45, 2.75) is 52.4 Å². The van der Waals surface area contributed by atoms with E-state index in [9.17, 15) is 17.6 Å². The molecule has 2 aromatic heterocycles. The first-order valence-electron chi connectivity index (χ1n) is 10.1. The zero-order valence-electron chi connectivity index (χ0n) is 18.6. The van der Waals surface area contributed by atoms with Gasteiger partial charge < -0.3 is 9.72 Å². The lowest BCUT2D eigenvalue weighted by atomic mass is 9.86. The van der Waals surface area contributed by atoms with Gasteiger partial charge in [-0.15, -0.1) is 0 Å². The van der Waals surface area contributed by atoms with Crippen molar-refractivity contribution in [3.8, 4) is 11.5 Å². The molecular weight excluding hydrogens is 445 g/mol. The molecule has 0 saturated heterocycles. The number of aromatic nitrogens is 3. The molecule has 0 bridgehead atoms. The Hall–Kier alpha value is -2.00. The quantitative estimate of drug-likeness (QED) is 0.523. The van der Waals surface area contributed by atoms with Crippen LogP contribution in [0.4, 0.5) is 4.39 Å². The number of aromatic amines is 1. The van der Waals surface area contributed by atoms with Crippen molar-refractivity contribution >= 4 is 27.4 Å². The molecule has 10 heteroatoms. The number of pyridine rings is 1. The van der Waals surface area contributed by atoms with Crippen molar-refractivity contribution in [2.75, 3.05) is 19.1 Å². The summed E-state index contributed by atoms with van der Waals surface area (Å²) in [5.41, 5.74) is 1.57. The summed E-state index contributed by atoms with van der Waals surface area (Å²) >= 11 is 6.31. The lowest BCUT2D eigenvalue weighted by Gasteiger charge is -2.21. The SMILES string of the molecule is CCC[C@@H](c1[nH]c(-c2ccc(F)cn2)nc1Cl)[C@@H](C)CC.COC(=O)CCS(C)(=O)=O. The number of hydrogen-bond donors (Lipinski definition) is 1. The van der Waals surface area contributed by atoms with Crippen LogP contribution in [0.15, 0.2) is 18.3 Å². The number of carbonyl (C=O) groups excluding carboxylic acids is 1. The van der Waals surface area contributed by atoms with Gasteiger partial charge in [-0.05, 0) is 24.5 Å². The van der Waals surface area contributed by atoms with Crippen LogP contribution in [0.2, 0.25) is 5.15 Å². The van der Waals surface area contributed by atoms with E-state index in [-0.39, 0.29) is 18.0 Å². The largest absolute Gasteiger partial charge is 0.469 e. The first-order valence-corrected chi connectivity index (χ1v) is 12.6. The molecule has 2 rings (SSSR count). The van der Waals surface area contributed by atoms with E-state index >= 15 is 0 Å². The number of sulfone groups is 1. The predicted molar refractivity (Wildman–Crippen MR) is 120 cm³/mol. The van der Waals surface area contributed by atoms with Crippen molar-refractivity contribution in [1.29, 1.82) is 0 Å². The number of nitrogens with one attached hydrogen (secondary N) is 1. The first-order chi connectivity index (χ1) is 14.5. The van der Waals surface area contributed by atoms with Crippen LogP contribution in [0.3, 0.4) is 0 Å². The van der Waals surface area contributed by atoms with E-state index in [0.29, 0.717) is 28.5 Å².